The Morgan fingerprint density at radius 2 is 1.75 bits per heavy atom. The van der Waals surface area contributed by atoms with Crippen molar-refractivity contribution in [3.8, 4) is 0 Å². The van der Waals surface area contributed by atoms with Gasteiger partial charge in [-0.2, -0.15) is 11.1 Å². The predicted molar refractivity (Wildman–Crippen MR) is 43.9 cm³/mol. The molecule has 0 saturated heterocycles. The van der Waals surface area contributed by atoms with Crippen LogP contribution in [0.5, 0.6) is 0 Å². The van der Waals surface area contributed by atoms with Crippen molar-refractivity contribution in [1.82, 2.24) is 0 Å². The van der Waals surface area contributed by atoms with Crippen LogP contribution in [0.3, 0.4) is 0 Å². The molecule has 0 aliphatic heterocycles. The van der Waals surface area contributed by atoms with Gasteiger partial charge in [-0.05, 0) is 5.04 Å². The molecule has 0 fully saturated rings. The molecule has 0 aromatic rings. The number of alkyl halides is 2. The number of halogens is 3. The molecule has 0 spiro atoms. The van der Waals surface area contributed by atoms with Crippen molar-refractivity contribution in [3.05, 3.63) is 0 Å². The summed E-state index contributed by atoms with van der Waals surface area (Å²) >= 11 is 16.8. The van der Waals surface area contributed by atoms with Crippen molar-refractivity contribution >= 4 is 43.1 Å². The Kier molecular flexibility index (Phi) is 3.75. The van der Waals surface area contributed by atoms with E-state index in [-0.39, 0.29) is 9.87 Å². The van der Waals surface area contributed by atoms with Crippen LogP contribution in [0.15, 0.2) is 0 Å². The lowest BCUT2D eigenvalue weighted by molar-refractivity contribution is 0.735. The van der Waals surface area contributed by atoms with Crippen LogP contribution in [-0.4, -0.2) is 13.7 Å². The van der Waals surface area contributed by atoms with Gasteiger partial charge >= 0.3 is 0 Å². The minimum Gasteiger partial charge on any atom is -0.175 e. The van der Waals surface area contributed by atoms with Gasteiger partial charge < -0.3 is 0 Å². The van der Waals surface area contributed by atoms with Gasteiger partial charge in [-0.3, -0.25) is 0 Å². The standard InChI is InChI=1S/C4H9Cl3Si/c1-4(2,8-7)3(5)6/h3H,8H2,1-2H3. The third-order valence-electron chi connectivity index (χ3n) is 0.935. The lowest BCUT2D eigenvalue weighted by atomic mass is 10.2. The predicted octanol–water partition coefficient (Wildman–Crippen LogP) is 2.31. The van der Waals surface area contributed by atoms with E-state index in [4.69, 9.17) is 34.3 Å². The Balaban J connectivity index is 3.71. The molecule has 0 saturated carbocycles. The van der Waals surface area contributed by atoms with Crippen LogP contribution < -0.4 is 0 Å². The molecule has 0 nitrogen and oxygen atoms in total. The monoisotopic (exact) mass is 190 g/mol. The normalized spacial score (nSPS) is 14.2. The van der Waals surface area contributed by atoms with Crippen LogP contribution in [0.4, 0.5) is 0 Å². The SMILES string of the molecule is CC(C)([SiH2]Cl)C(Cl)Cl. The summed E-state index contributed by atoms with van der Waals surface area (Å²) in [5.41, 5.74) is 0. The van der Waals surface area contributed by atoms with Gasteiger partial charge in [0.2, 0.25) is 0 Å². The van der Waals surface area contributed by atoms with E-state index in [0.29, 0.717) is 0 Å². The molecule has 0 atom stereocenters. The van der Waals surface area contributed by atoms with Crippen LogP contribution in [0.1, 0.15) is 13.8 Å². The van der Waals surface area contributed by atoms with Gasteiger partial charge in [0.15, 0.2) is 0 Å². The van der Waals surface area contributed by atoms with E-state index in [1.165, 1.54) is 0 Å². The quantitative estimate of drug-likeness (QED) is 0.357. The Labute approximate surface area is 67.0 Å². The minimum absolute atomic E-state index is 0.0231. The molecule has 50 valence electrons. The van der Waals surface area contributed by atoms with Crippen molar-refractivity contribution in [2.75, 3.05) is 0 Å². The van der Waals surface area contributed by atoms with Crippen LogP contribution in [-0.2, 0) is 0 Å². The molecule has 0 aromatic carbocycles. The lowest BCUT2D eigenvalue weighted by Crippen LogP contribution is -2.16. The Morgan fingerprint density at radius 1 is 1.38 bits per heavy atom. The summed E-state index contributed by atoms with van der Waals surface area (Å²) in [4.78, 5) is -0.313. The molecule has 0 bridgehead atoms. The van der Waals surface area contributed by atoms with Crippen LogP contribution >= 0.6 is 34.3 Å². The third kappa shape index (κ3) is 2.58. The maximum Gasteiger partial charge on any atom is 0.133 e. The van der Waals surface area contributed by atoms with Crippen molar-refractivity contribution in [1.29, 1.82) is 0 Å². The maximum absolute atomic E-state index is 5.66. The summed E-state index contributed by atoms with van der Waals surface area (Å²) in [5.74, 6) is 0. The molecule has 0 aromatic heterocycles. The van der Waals surface area contributed by atoms with Gasteiger partial charge in [0.1, 0.15) is 13.7 Å². The second-order valence-electron chi connectivity index (χ2n) is 2.42. The van der Waals surface area contributed by atoms with Gasteiger partial charge in [0, 0.05) is 0 Å². The van der Waals surface area contributed by atoms with Crippen LogP contribution in [0.2, 0.25) is 5.04 Å². The van der Waals surface area contributed by atoms with E-state index in [1.54, 1.807) is 0 Å². The number of rotatable bonds is 2. The maximum atomic E-state index is 5.66. The summed E-state index contributed by atoms with van der Waals surface area (Å²) in [6.45, 7) is 3.97. The zero-order valence-electron chi connectivity index (χ0n) is 4.92. The molecule has 0 aliphatic carbocycles. The van der Waals surface area contributed by atoms with Crippen molar-refractivity contribution in [2.45, 2.75) is 23.7 Å². The zero-order valence-corrected chi connectivity index (χ0v) is 8.60. The zero-order chi connectivity index (χ0) is 6.78. The minimum atomic E-state index is -0.597. The first-order valence-corrected chi connectivity index (χ1v) is 6.06. The number of hydrogen-bond donors (Lipinski definition) is 0. The van der Waals surface area contributed by atoms with E-state index in [9.17, 15) is 0 Å². The molecule has 0 N–H and O–H groups in total. The van der Waals surface area contributed by atoms with Crippen molar-refractivity contribution in [2.24, 2.45) is 0 Å². The molecule has 0 unspecified atom stereocenters. The van der Waals surface area contributed by atoms with E-state index in [2.05, 4.69) is 0 Å². The Bertz CT molecular complexity index is 71.7. The first kappa shape index (κ1) is 9.09. The fourth-order valence-electron chi connectivity index (χ4n) is 0.0583. The van der Waals surface area contributed by atoms with Gasteiger partial charge in [-0.1, -0.05) is 13.8 Å². The first-order chi connectivity index (χ1) is 3.50. The van der Waals surface area contributed by atoms with Crippen LogP contribution in [0.25, 0.3) is 0 Å². The Hall–Kier alpha value is 1.09. The summed E-state index contributed by atoms with van der Waals surface area (Å²) in [5, 5.41) is -0.0231. The second kappa shape index (κ2) is 3.30. The van der Waals surface area contributed by atoms with E-state index >= 15 is 0 Å². The molecule has 8 heavy (non-hydrogen) atoms. The smallest absolute Gasteiger partial charge is 0.133 e. The van der Waals surface area contributed by atoms with E-state index in [1.807, 2.05) is 13.8 Å². The van der Waals surface area contributed by atoms with Crippen LogP contribution in [0, 0.1) is 0 Å². The molecule has 0 radical (unpaired) electrons. The van der Waals surface area contributed by atoms with Gasteiger partial charge in [0.25, 0.3) is 0 Å². The molecular formula is C4H9Cl3Si. The summed E-state index contributed by atoms with van der Waals surface area (Å²) in [6.07, 6.45) is 0. The highest BCUT2D eigenvalue weighted by molar-refractivity contribution is 6.96. The highest BCUT2D eigenvalue weighted by Gasteiger charge is 2.24. The molecular weight excluding hydrogens is 182 g/mol. The molecule has 0 heterocycles. The highest BCUT2D eigenvalue weighted by atomic mass is 35.6. The third-order valence-corrected chi connectivity index (χ3v) is 5.80. The molecule has 4 heteroatoms. The molecule has 0 aliphatic rings. The number of hydrogen-bond acceptors (Lipinski definition) is 0. The van der Waals surface area contributed by atoms with Gasteiger partial charge in [-0.15, -0.1) is 23.2 Å². The second-order valence-corrected chi connectivity index (χ2v) is 6.41. The molecule has 0 rings (SSSR count). The first-order valence-electron chi connectivity index (χ1n) is 2.35. The lowest BCUT2D eigenvalue weighted by Gasteiger charge is -2.21. The van der Waals surface area contributed by atoms with Gasteiger partial charge in [-0.25, -0.2) is 0 Å². The average molecular weight is 192 g/mol. The van der Waals surface area contributed by atoms with Gasteiger partial charge in [0.05, 0.1) is 0 Å². The Morgan fingerprint density at radius 3 is 1.75 bits per heavy atom. The topological polar surface area (TPSA) is 0 Å². The van der Waals surface area contributed by atoms with Crippen molar-refractivity contribution in [3.63, 3.8) is 0 Å². The van der Waals surface area contributed by atoms with E-state index in [0.717, 1.165) is 0 Å². The summed E-state index contributed by atoms with van der Waals surface area (Å²) in [6, 6.07) is 0. The van der Waals surface area contributed by atoms with Crippen molar-refractivity contribution < 1.29 is 0 Å². The fraction of sp³-hybridized carbons (Fsp3) is 1.00. The summed E-state index contributed by atoms with van der Waals surface area (Å²) in [7, 11) is -0.597. The summed E-state index contributed by atoms with van der Waals surface area (Å²) < 4.78 is 0. The molecule has 0 amide bonds. The van der Waals surface area contributed by atoms with E-state index < -0.39 is 8.83 Å². The average Bonchev–Trinajstić information content (AvgIpc) is 1.67. The highest BCUT2D eigenvalue weighted by Crippen LogP contribution is 2.35. The fourth-order valence-corrected chi connectivity index (χ4v) is 1.57. The largest absolute Gasteiger partial charge is 0.175 e.